The number of hydrogen-bond donors (Lipinski definition) is 0. The fourth-order valence-corrected chi connectivity index (χ4v) is 3.93. The summed E-state index contributed by atoms with van der Waals surface area (Å²) in [6.07, 6.45) is 3.27. The van der Waals surface area contributed by atoms with Crippen molar-refractivity contribution in [3.8, 4) is 0 Å². The average molecular weight is 334 g/mol. The van der Waals surface area contributed by atoms with Crippen LogP contribution in [-0.2, 0) is 13.1 Å². The second kappa shape index (κ2) is 6.85. The van der Waals surface area contributed by atoms with Crippen LogP contribution >= 0.6 is 0 Å². The van der Waals surface area contributed by atoms with Gasteiger partial charge in [0.25, 0.3) is 0 Å². The van der Waals surface area contributed by atoms with Crippen LogP contribution in [0.1, 0.15) is 34.8 Å². The van der Waals surface area contributed by atoms with Gasteiger partial charge in [-0.15, -0.1) is 0 Å². The van der Waals surface area contributed by atoms with Crippen LogP contribution in [-0.4, -0.2) is 16.0 Å². The summed E-state index contributed by atoms with van der Waals surface area (Å²) in [4.78, 5) is 2.48. The fourth-order valence-electron chi connectivity index (χ4n) is 3.93. The maximum absolute atomic E-state index is 13.7. The molecule has 0 unspecified atom stereocenters. The highest BCUT2D eigenvalue weighted by Crippen LogP contribution is 2.34. The monoisotopic (exact) mass is 334 g/mol. The summed E-state index contributed by atoms with van der Waals surface area (Å²) in [5, 5.41) is 0. The van der Waals surface area contributed by atoms with E-state index >= 15 is 0 Å². The average Bonchev–Trinajstić information content (AvgIpc) is 2.98. The Morgan fingerprint density at radius 1 is 1.00 bits per heavy atom. The Morgan fingerprint density at radius 3 is 2.72 bits per heavy atom. The van der Waals surface area contributed by atoms with Gasteiger partial charge in [-0.25, -0.2) is 4.39 Å². The molecule has 0 radical (unpaired) electrons. The molecule has 1 aromatic heterocycles. The summed E-state index contributed by atoms with van der Waals surface area (Å²) in [7, 11) is 0. The Morgan fingerprint density at radius 2 is 1.88 bits per heavy atom. The van der Waals surface area contributed by atoms with E-state index in [9.17, 15) is 4.39 Å². The molecule has 0 fully saturated rings. The largest absolute Gasteiger partial charge is 0.350 e. The molecular weight excluding hydrogens is 311 g/mol. The Bertz CT molecular complexity index is 868. The van der Waals surface area contributed by atoms with E-state index in [4.69, 9.17) is 0 Å². The molecule has 0 saturated heterocycles. The van der Waals surface area contributed by atoms with Crippen molar-refractivity contribution in [2.75, 3.05) is 6.54 Å². The van der Waals surface area contributed by atoms with Gasteiger partial charge >= 0.3 is 0 Å². The molecule has 25 heavy (non-hydrogen) atoms. The second-order valence-corrected chi connectivity index (χ2v) is 6.84. The minimum absolute atomic E-state index is 0.164. The second-order valence-electron chi connectivity index (χ2n) is 6.84. The predicted octanol–water partition coefficient (Wildman–Crippen LogP) is 4.93. The molecule has 1 aliphatic rings. The van der Waals surface area contributed by atoms with Gasteiger partial charge in [0, 0.05) is 31.5 Å². The van der Waals surface area contributed by atoms with Crippen LogP contribution in [0.2, 0.25) is 0 Å². The third kappa shape index (κ3) is 3.24. The van der Waals surface area contributed by atoms with Crippen LogP contribution in [0, 0.1) is 12.7 Å². The van der Waals surface area contributed by atoms with Gasteiger partial charge in [-0.2, -0.15) is 0 Å². The Labute approximate surface area is 148 Å². The number of aryl methyl sites for hydroxylation is 2. The SMILES string of the molecule is Cc1ccccc1[C@H]1c2cccn2CCCN1Cc1cccc(F)c1. The lowest BCUT2D eigenvalue weighted by molar-refractivity contribution is 0.219. The standard InChI is InChI=1S/C22H23FN2/c1-17-7-2-3-10-20(17)22-21-11-5-12-24(21)13-6-14-25(22)16-18-8-4-9-19(23)15-18/h2-5,7-12,15,22H,6,13-14,16H2,1H3/t22-/m0/s1. The number of halogens is 1. The Balaban J connectivity index is 1.77. The molecule has 0 saturated carbocycles. The van der Waals surface area contributed by atoms with E-state index in [1.54, 1.807) is 12.1 Å². The fraction of sp³-hybridized carbons (Fsp3) is 0.273. The molecule has 3 heteroatoms. The molecule has 4 rings (SSSR count). The van der Waals surface area contributed by atoms with Crippen molar-refractivity contribution < 1.29 is 4.39 Å². The first-order valence-corrected chi connectivity index (χ1v) is 8.91. The van der Waals surface area contributed by atoms with E-state index < -0.39 is 0 Å². The molecule has 128 valence electrons. The quantitative estimate of drug-likeness (QED) is 0.659. The minimum atomic E-state index is -0.164. The summed E-state index contributed by atoms with van der Waals surface area (Å²) in [5.41, 5.74) is 4.98. The Kier molecular flexibility index (Phi) is 4.41. The lowest BCUT2D eigenvalue weighted by atomic mass is 9.96. The number of fused-ring (bicyclic) bond motifs is 1. The number of nitrogens with zero attached hydrogens (tertiary/aromatic N) is 2. The van der Waals surface area contributed by atoms with Crippen molar-refractivity contribution in [1.82, 2.24) is 9.47 Å². The van der Waals surface area contributed by atoms with Crippen molar-refractivity contribution >= 4 is 0 Å². The van der Waals surface area contributed by atoms with E-state index in [1.165, 1.54) is 22.9 Å². The van der Waals surface area contributed by atoms with Crippen LogP contribution in [0.4, 0.5) is 4.39 Å². The molecule has 0 spiro atoms. The molecule has 0 amide bonds. The van der Waals surface area contributed by atoms with Crippen molar-refractivity contribution in [2.45, 2.75) is 32.5 Å². The van der Waals surface area contributed by atoms with E-state index in [-0.39, 0.29) is 11.9 Å². The molecule has 0 bridgehead atoms. The topological polar surface area (TPSA) is 8.17 Å². The molecule has 1 aliphatic heterocycles. The molecule has 0 N–H and O–H groups in total. The molecule has 0 aliphatic carbocycles. The van der Waals surface area contributed by atoms with E-state index in [2.05, 4.69) is 59.0 Å². The van der Waals surface area contributed by atoms with Gasteiger partial charge in [-0.05, 0) is 54.3 Å². The van der Waals surface area contributed by atoms with Gasteiger partial charge in [0.15, 0.2) is 0 Å². The van der Waals surface area contributed by atoms with Crippen LogP contribution < -0.4 is 0 Å². The zero-order valence-electron chi connectivity index (χ0n) is 14.5. The number of aromatic nitrogens is 1. The first-order valence-electron chi connectivity index (χ1n) is 8.91. The summed E-state index contributed by atoms with van der Waals surface area (Å²) in [6.45, 7) is 4.96. The summed E-state index contributed by atoms with van der Waals surface area (Å²) in [6, 6.07) is 20.1. The van der Waals surface area contributed by atoms with E-state index in [0.717, 1.165) is 31.6 Å². The molecule has 2 nitrogen and oxygen atoms in total. The molecular formula is C22H23FN2. The van der Waals surface area contributed by atoms with Gasteiger partial charge in [0.1, 0.15) is 5.82 Å². The van der Waals surface area contributed by atoms with Gasteiger partial charge in [0.05, 0.1) is 6.04 Å². The Hall–Kier alpha value is -2.39. The molecule has 1 atom stereocenters. The van der Waals surface area contributed by atoms with E-state index in [1.807, 2.05) is 6.07 Å². The van der Waals surface area contributed by atoms with Crippen LogP contribution in [0.3, 0.4) is 0 Å². The van der Waals surface area contributed by atoms with Crippen LogP contribution in [0.25, 0.3) is 0 Å². The maximum atomic E-state index is 13.7. The first kappa shape index (κ1) is 16.1. The van der Waals surface area contributed by atoms with E-state index in [0.29, 0.717) is 0 Å². The maximum Gasteiger partial charge on any atom is 0.123 e. The summed E-state index contributed by atoms with van der Waals surface area (Å²) < 4.78 is 16.0. The number of hydrogen-bond acceptors (Lipinski definition) is 1. The summed E-state index contributed by atoms with van der Waals surface area (Å²) >= 11 is 0. The van der Waals surface area contributed by atoms with Crippen molar-refractivity contribution in [3.63, 3.8) is 0 Å². The van der Waals surface area contributed by atoms with Gasteiger partial charge in [0.2, 0.25) is 0 Å². The van der Waals surface area contributed by atoms with Crippen LogP contribution in [0.15, 0.2) is 66.9 Å². The normalized spacial score (nSPS) is 17.9. The highest BCUT2D eigenvalue weighted by atomic mass is 19.1. The third-order valence-corrected chi connectivity index (χ3v) is 5.11. The van der Waals surface area contributed by atoms with Crippen molar-refractivity contribution in [3.05, 3.63) is 95.1 Å². The summed E-state index contributed by atoms with van der Waals surface area (Å²) in [5.74, 6) is -0.164. The lowest BCUT2D eigenvalue weighted by Gasteiger charge is -2.31. The number of rotatable bonds is 3. The third-order valence-electron chi connectivity index (χ3n) is 5.11. The lowest BCUT2D eigenvalue weighted by Crippen LogP contribution is -2.30. The predicted molar refractivity (Wildman–Crippen MR) is 98.9 cm³/mol. The van der Waals surface area contributed by atoms with Crippen LogP contribution in [0.5, 0.6) is 0 Å². The van der Waals surface area contributed by atoms with Gasteiger partial charge < -0.3 is 4.57 Å². The van der Waals surface area contributed by atoms with Crippen molar-refractivity contribution in [2.24, 2.45) is 0 Å². The smallest absolute Gasteiger partial charge is 0.123 e. The molecule has 3 aromatic rings. The zero-order chi connectivity index (χ0) is 17.2. The van der Waals surface area contributed by atoms with Gasteiger partial charge in [-0.3, -0.25) is 4.90 Å². The highest BCUT2D eigenvalue weighted by molar-refractivity contribution is 5.36. The first-order chi connectivity index (χ1) is 12.2. The van der Waals surface area contributed by atoms with Crippen molar-refractivity contribution in [1.29, 1.82) is 0 Å². The zero-order valence-corrected chi connectivity index (χ0v) is 14.5. The van der Waals surface area contributed by atoms with Gasteiger partial charge in [-0.1, -0.05) is 36.4 Å². The highest BCUT2D eigenvalue weighted by Gasteiger charge is 2.28. The molecule has 2 aromatic carbocycles. The molecule has 2 heterocycles. The number of benzene rings is 2. The minimum Gasteiger partial charge on any atom is -0.350 e.